The lowest BCUT2D eigenvalue weighted by Gasteiger charge is -2.15. The lowest BCUT2D eigenvalue weighted by atomic mass is 10.0. The molecule has 0 saturated heterocycles. The second kappa shape index (κ2) is 5.03. The predicted octanol–water partition coefficient (Wildman–Crippen LogP) is 3.78. The van der Waals surface area contributed by atoms with Gasteiger partial charge in [0.25, 0.3) is 5.91 Å². The smallest absolute Gasteiger partial charge is 0.251 e. The van der Waals surface area contributed by atoms with E-state index < -0.39 is 0 Å². The number of pyridine rings is 1. The SMILES string of the molecule is CC(C)c1cc(C(=O)NCC2(C3CC3)CC2)cc(Cl)n1. The minimum absolute atomic E-state index is 0.0249. The van der Waals surface area contributed by atoms with E-state index in [4.69, 9.17) is 11.6 Å². The molecule has 1 aromatic heterocycles. The lowest BCUT2D eigenvalue weighted by molar-refractivity contribution is 0.0942. The molecule has 1 amide bonds. The van der Waals surface area contributed by atoms with Crippen LogP contribution in [0.15, 0.2) is 12.1 Å². The van der Waals surface area contributed by atoms with Crippen LogP contribution in [0.5, 0.6) is 0 Å². The van der Waals surface area contributed by atoms with Crippen LogP contribution in [0.4, 0.5) is 0 Å². The quantitative estimate of drug-likeness (QED) is 0.839. The highest BCUT2D eigenvalue weighted by atomic mass is 35.5. The van der Waals surface area contributed by atoms with Crippen molar-refractivity contribution in [2.75, 3.05) is 6.54 Å². The number of amides is 1. The molecule has 0 unspecified atom stereocenters. The van der Waals surface area contributed by atoms with Gasteiger partial charge in [-0.3, -0.25) is 4.79 Å². The fourth-order valence-electron chi connectivity index (χ4n) is 2.89. The summed E-state index contributed by atoms with van der Waals surface area (Å²) in [5.41, 5.74) is 1.92. The normalized spacial score (nSPS) is 20.0. The Hall–Kier alpha value is -1.09. The van der Waals surface area contributed by atoms with Crippen molar-refractivity contribution in [1.29, 1.82) is 0 Å². The topological polar surface area (TPSA) is 42.0 Å². The first-order chi connectivity index (χ1) is 9.50. The standard InChI is InChI=1S/C16H21ClN2O/c1-10(2)13-7-11(8-14(17)19-13)15(20)18-9-16(5-6-16)12-3-4-12/h7-8,10,12H,3-6,9H2,1-2H3,(H,18,20). The maximum atomic E-state index is 12.3. The molecule has 1 heterocycles. The largest absolute Gasteiger partial charge is 0.351 e. The average molecular weight is 293 g/mol. The molecule has 3 rings (SSSR count). The first-order valence-electron chi connectivity index (χ1n) is 7.46. The molecule has 1 aromatic rings. The summed E-state index contributed by atoms with van der Waals surface area (Å²) in [6, 6.07) is 3.50. The third-order valence-corrected chi connectivity index (χ3v) is 4.80. The van der Waals surface area contributed by atoms with Gasteiger partial charge < -0.3 is 5.32 Å². The summed E-state index contributed by atoms with van der Waals surface area (Å²) < 4.78 is 0. The van der Waals surface area contributed by atoms with E-state index in [0.29, 0.717) is 16.1 Å². The minimum Gasteiger partial charge on any atom is -0.351 e. The van der Waals surface area contributed by atoms with Gasteiger partial charge in [-0.15, -0.1) is 0 Å². The van der Waals surface area contributed by atoms with Crippen LogP contribution in [0, 0.1) is 11.3 Å². The molecule has 1 N–H and O–H groups in total. The summed E-state index contributed by atoms with van der Waals surface area (Å²) in [4.78, 5) is 16.6. The summed E-state index contributed by atoms with van der Waals surface area (Å²) in [6.07, 6.45) is 5.22. The summed E-state index contributed by atoms with van der Waals surface area (Å²) in [6.45, 7) is 4.91. The Morgan fingerprint density at radius 2 is 2.15 bits per heavy atom. The number of rotatable bonds is 5. The Bertz CT molecular complexity index is 533. The third-order valence-electron chi connectivity index (χ3n) is 4.60. The first kappa shape index (κ1) is 13.9. The molecule has 2 saturated carbocycles. The van der Waals surface area contributed by atoms with Crippen molar-refractivity contribution in [3.8, 4) is 0 Å². The predicted molar refractivity (Wildman–Crippen MR) is 80.1 cm³/mol. The maximum Gasteiger partial charge on any atom is 0.251 e. The molecule has 0 aliphatic heterocycles. The lowest BCUT2D eigenvalue weighted by Crippen LogP contribution is -2.31. The molecule has 0 spiro atoms. The van der Waals surface area contributed by atoms with Gasteiger partial charge in [0.1, 0.15) is 5.15 Å². The number of nitrogens with zero attached hydrogens (tertiary/aromatic N) is 1. The van der Waals surface area contributed by atoms with Crippen molar-refractivity contribution in [2.24, 2.45) is 11.3 Å². The molecule has 4 heteroatoms. The first-order valence-corrected chi connectivity index (χ1v) is 7.84. The molecule has 3 nitrogen and oxygen atoms in total. The molecule has 2 fully saturated rings. The van der Waals surface area contributed by atoms with Crippen molar-refractivity contribution in [3.05, 3.63) is 28.5 Å². The molecular formula is C16H21ClN2O. The van der Waals surface area contributed by atoms with Crippen molar-refractivity contribution in [1.82, 2.24) is 10.3 Å². The van der Waals surface area contributed by atoms with Crippen LogP contribution in [-0.4, -0.2) is 17.4 Å². The van der Waals surface area contributed by atoms with E-state index in [1.165, 1.54) is 25.7 Å². The van der Waals surface area contributed by atoms with Gasteiger partial charge >= 0.3 is 0 Å². The highest BCUT2D eigenvalue weighted by molar-refractivity contribution is 6.29. The number of hydrogen-bond acceptors (Lipinski definition) is 2. The zero-order chi connectivity index (χ0) is 14.3. The molecule has 0 aromatic carbocycles. The Kier molecular flexibility index (Phi) is 3.49. The molecule has 0 radical (unpaired) electrons. The van der Waals surface area contributed by atoms with Crippen molar-refractivity contribution >= 4 is 17.5 Å². The Balaban J connectivity index is 1.67. The van der Waals surface area contributed by atoms with Crippen LogP contribution in [0.25, 0.3) is 0 Å². The van der Waals surface area contributed by atoms with Crippen molar-refractivity contribution in [2.45, 2.75) is 45.4 Å². The Morgan fingerprint density at radius 1 is 1.45 bits per heavy atom. The number of carbonyl (C=O) groups excluding carboxylic acids is 1. The zero-order valence-corrected chi connectivity index (χ0v) is 12.8. The van der Waals surface area contributed by atoms with Crippen LogP contribution in [-0.2, 0) is 0 Å². The van der Waals surface area contributed by atoms with Crippen LogP contribution >= 0.6 is 11.6 Å². The maximum absolute atomic E-state index is 12.3. The minimum atomic E-state index is -0.0249. The summed E-state index contributed by atoms with van der Waals surface area (Å²) >= 11 is 6.01. The van der Waals surface area contributed by atoms with Crippen LogP contribution in [0.3, 0.4) is 0 Å². The van der Waals surface area contributed by atoms with E-state index in [1.54, 1.807) is 6.07 Å². The van der Waals surface area contributed by atoms with E-state index >= 15 is 0 Å². The van der Waals surface area contributed by atoms with E-state index in [9.17, 15) is 4.79 Å². The van der Waals surface area contributed by atoms with Gasteiger partial charge in [-0.2, -0.15) is 0 Å². The molecular weight excluding hydrogens is 272 g/mol. The van der Waals surface area contributed by atoms with Crippen LogP contribution in [0.2, 0.25) is 5.15 Å². The number of carbonyl (C=O) groups is 1. The third kappa shape index (κ3) is 2.83. The molecule has 2 aliphatic rings. The van der Waals surface area contributed by atoms with Gasteiger partial charge in [0.15, 0.2) is 0 Å². The van der Waals surface area contributed by atoms with Gasteiger partial charge in [-0.25, -0.2) is 4.98 Å². The van der Waals surface area contributed by atoms with Gasteiger partial charge in [-0.1, -0.05) is 25.4 Å². The van der Waals surface area contributed by atoms with E-state index in [2.05, 4.69) is 10.3 Å². The fraction of sp³-hybridized carbons (Fsp3) is 0.625. The Morgan fingerprint density at radius 3 is 2.70 bits per heavy atom. The van der Waals surface area contributed by atoms with E-state index in [-0.39, 0.29) is 11.8 Å². The van der Waals surface area contributed by atoms with Crippen LogP contribution in [0.1, 0.15) is 61.5 Å². The van der Waals surface area contributed by atoms with Gasteiger partial charge in [-0.05, 0) is 55.1 Å². The number of nitrogens with one attached hydrogen (secondary N) is 1. The van der Waals surface area contributed by atoms with Gasteiger partial charge in [0, 0.05) is 17.8 Å². The van der Waals surface area contributed by atoms with E-state index in [0.717, 1.165) is 18.2 Å². The highest BCUT2D eigenvalue weighted by Gasteiger charge is 2.53. The molecule has 2 aliphatic carbocycles. The molecule has 0 bridgehead atoms. The zero-order valence-electron chi connectivity index (χ0n) is 12.1. The van der Waals surface area contributed by atoms with Gasteiger partial charge in [0.05, 0.1) is 0 Å². The number of hydrogen-bond donors (Lipinski definition) is 1. The number of halogens is 1. The second-order valence-corrected chi connectivity index (χ2v) is 6.96. The molecule has 0 atom stereocenters. The van der Waals surface area contributed by atoms with Crippen molar-refractivity contribution < 1.29 is 4.79 Å². The summed E-state index contributed by atoms with van der Waals surface area (Å²) in [5, 5.41) is 3.48. The number of aromatic nitrogens is 1. The van der Waals surface area contributed by atoms with Gasteiger partial charge in [0.2, 0.25) is 0 Å². The summed E-state index contributed by atoms with van der Waals surface area (Å²) in [7, 11) is 0. The monoisotopic (exact) mass is 292 g/mol. The van der Waals surface area contributed by atoms with Crippen LogP contribution < -0.4 is 5.32 Å². The highest BCUT2D eigenvalue weighted by Crippen LogP contribution is 2.60. The average Bonchev–Trinajstić information content (AvgIpc) is 3.27. The fourth-order valence-corrected chi connectivity index (χ4v) is 3.10. The van der Waals surface area contributed by atoms with Crippen molar-refractivity contribution in [3.63, 3.8) is 0 Å². The second-order valence-electron chi connectivity index (χ2n) is 6.58. The summed E-state index contributed by atoms with van der Waals surface area (Å²) in [5.74, 6) is 1.10. The van der Waals surface area contributed by atoms with E-state index in [1.807, 2.05) is 19.9 Å². The Labute approximate surface area is 125 Å². The molecule has 20 heavy (non-hydrogen) atoms. The molecule has 108 valence electrons.